The molecule has 0 unspecified atom stereocenters. The zero-order chi connectivity index (χ0) is 17.3. The number of aromatic nitrogens is 5. The van der Waals surface area contributed by atoms with Crippen LogP contribution < -0.4 is 5.56 Å². The highest BCUT2D eigenvalue weighted by atomic mass is 35.5. The first-order valence-corrected chi connectivity index (χ1v) is 7.81. The molecule has 0 fully saturated rings. The summed E-state index contributed by atoms with van der Waals surface area (Å²) in [4.78, 5) is 12.1. The van der Waals surface area contributed by atoms with E-state index in [1.807, 2.05) is 37.3 Å². The zero-order valence-corrected chi connectivity index (χ0v) is 14.5. The Balaban J connectivity index is 2.07. The first kappa shape index (κ1) is 16.3. The number of aromatic amines is 1. The molecule has 122 valence electrons. The van der Waals surface area contributed by atoms with Crippen molar-refractivity contribution in [1.82, 2.24) is 24.7 Å². The second-order valence-corrected chi connectivity index (χ2v) is 5.76. The molecule has 3 rings (SSSR count). The van der Waals surface area contributed by atoms with E-state index in [1.54, 1.807) is 11.6 Å². The fourth-order valence-corrected chi connectivity index (χ4v) is 2.59. The van der Waals surface area contributed by atoms with E-state index in [-0.39, 0.29) is 16.0 Å². The minimum Gasteiger partial charge on any atom is -0.265 e. The summed E-state index contributed by atoms with van der Waals surface area (Å²) in [5, 5.41) is 15.3. The molecule has 0 saturated carbocycles. The number of nitrogens with one attached hydrogen (secondary N) is 1. The quantitative estimate of drug-likeness (QED) is 0.575. The van der Waals surface area contributed by atoms with Gasteiger partial charge in [-0.25, -0.2) is 4.68 Å². The Bertz CT molecular complexity index is 1030. The standard InChI is InChI=1S/C15H13ClN6OS/c1-9-12(8-17-22-14(23)10(2)18-19-15(22)24)13(16)21(20-9)11-6-4-3-5-7-11/h3-8H,1-2H3,(H,19,24). The van der Waals surface area contributed by atoms with Crippen LogP contribution in [0, 0.1) is 18.6 Å². The van der Waals surface area contributed by atoms with Crippen molar-refractivity contribution in [3.05, 3.63) is 67.6 Å². The number of aryl methyl sites for hydroxylation is 2. The van der Waals surface area contributed by atoms with Gasteiger partial charge in [-0.05, 0) is 38.2 Å². The number of H-pyrrole nitrogens is 1. The maximum Gasteiger partial charge on any atom is 0.296 e. The number of hydrogen-bond donors (Lipinski definition) is 1. The van der Waals surface area contributed by atoms with Crippen LogP contribution in [-0.4, -0.2) is 30.9 Å². The lowest BCUT2D eigenvalue weighted by Crippen LogP contribution is -2.22. The summed E-state index contributed by atoms with van der Waals surface area (Å²) in [5.74, 6) is 0. The number of rotatable bonds is 3. The molecule has 0 radical (unpaired) electrons. The molecular formula is C15H13ClN6OS. The van der Waals surface area contributed by atoms with Gasteiger partial charge in [-0.2, -0.15) is 20.0 Å². The molecule has 7 nitrogen and oxygen atoms in total. The second-order valence-electron chi connectivity index (χ2n) is 5.01. The second kappa shape index (κ2) is 6.50. The fraction of sp³-hybridized carbons (Fsp3) is 0.133. The van der Waals surface area contributed by atoms with E-state index in [0.29, 0.717) is 16.4 Å². The molecule has 0 aliphatic carbocycles. The van der Waals surface area contributed by atoms with Crippen molar-refractivity contribution in [3.63, 3.8) is 0 Å². The molecule has 2 aromatic heterocycles. The topological polar surface area (TPSA) is 80.9 Å². The number of nitrogens with zero attached hydrogens (tertiary/aromatic N) is 5. The predicted molar refractivity (Wildman–Crippen MR) is 94.7 cm³/mol. The van der Waals surface area contributed by atoms with Crippen LogP contribution in [0.4, 0.5) is 0 Å². The van der Waals surface area contributed by atoms with E-state index in [4.69, 9.17) is 23.8 Å². The average Bonchev–Trinajstić information content (AvgIpc) is 2.87. The van der Waals surface area contributed by atoms with Crippen molar-refractivity contribution in [2.75, 3.05) is 0 Å². The van der Waals surface area contributed by atoms with Crippen molar-refractivity contribution >= 4 is 30.0 Å². The summed E-state index contributed by atoms with van der Waals surface area (Å²) in [6.07, 6.45) is 1.47. The van der Waals surface area contributed by atoms with Gasteiger partial charge < -0.3 is 0 Å². The molecule has 3 aromatic rings. The smallest absolute Gasteiger partial charge is 0.265 e. The highest BCUT2D eigenvalue weighted by Gasteiger charge is 2.13. The van der Waals surface area contributed by atoms with Gasteiger partial charge in [-0.3, -0.25) is 9.89 Å². The minimum atomic E-state index is -0.390. The Morgan fingerprint density at radius 1 is 1.25 bits per heavy atom. The summed E-state index contributed by atoms with van der Waals surface area (Å²) in [6.45, 7) is 3.39. The molecule has 24 heavy (non-hydrogen) atoms. The first-order valence-electron chi connectivity index (χ1n) is 7.02. The lowest BCUT2D eigenvalue weighted by atomic mass is 10.3. The molecule has 0 spiro atoms. The van der Waals surface area contributed by atoms with Crippen LogP contribution in [-0.2, 0) is 0 Å². The monoisotopic (exact) mass is 360 g/mol. The third-order valence-electron chi connectivity index (χ3n) is 3.36. The SMILES string of the molecule is Cc1nn(-c2ccccc2)c(Cl)c1C=Nn1c(=S)[nH]nc(C)c1=O. The van der Waals surface area contributed by atoms with Crippen molar-refractivity contribution in [2.24, 2.45) is 5.10 Å². The van der Waals surface area contributed by atoms with Gasteiger partial charge in [0.25, 0.3) is 5.56 Å². The summed E-state index contributed by atoms with van der Waals surface area (Å²) >= 11 is 11.5. The molecule has 1 aromatic carbocycles. The van der Waals surface area contributed by atoms with Crippen LogP contribution in [0.5, 0.6) is 0 Å². The van der Waals surface area contributed by atoms with Crippen LogP contribution in [0.25, 0.3) is 5.69 Å². The van der Waals surface area contributed by atoms with E-state index in [1.165, 1.54) is 6.21 Å². The van der Waals surface area contributed by atoms with Crippen molar-refractivity contribution in [1.29, 1.82) is 0 Å². The number of benzene rings is 1. The molecule has 0 aliphatic rings. The van der Waals surface area contributed by atoms with Crippen LogP contribution in [0.15, 0.2) is 40.2 Å². The van der Waals surface area contributed by atoms with Gasteiger partial charge in [-0.1, -0.05) is 29.8 Å². The fourth-order valence-electron chi connectivity index (χ4n) is 2.09. The van der Waals surface area contributed by atoms with Gasteiger partial charge >= 0.3 is 0 Å². The van der Waals surface area contributed by atoms with E-state index < -0.39 is 0 Å². The third-order valence-corrected chi connectivity index (χ3v) is 3.99. The summed E-state index contributed by atoms with van der Waals surface area (Å²) < 4.78 is 2.78. The highest BCUT2D eigenvalue weighted by Crippen LogP contribution is 2.21. The average molecular weight is 361 g/mol. The Hall–Kier alpha value is -2.58. The maximum atomic E-state index is 12.1. The Morgan fingerprint density at radius 2 is 1.96 bits per heavy atom. The number of hydrogen-bond acceptors (Lipinski definition) is 5. The molecule has 0 bridgehead atoms. The van der Waals surface area contributed by atoms with Gasteiger partial charge in [0.2, 0.25) is 4.77 Å². The van der Waals surface area contributed by atoms with Crippen molar-refractivity contribution in [3.8, 4) is 5.69 Å². The molecular weight excluding hydrogens is 348 g/mol. The lowest BCUT2D eigenvalue weighted by molar-refractivity contribution is 0.720. The largest absolute Gasteiger partial charge is 0.296 e. The third kappa shape index (κ3) is 2.93. The highest BCUT2D eigenvalue weighted by molar-refractivity contribution is 7.71. The van der Waals surface area contributed by atoms with Crippen LogP contribution >= 0.6 is 23.8 Å². The van der Waals surface area contributed by atoms with Crippen molar-refractivity contribution in [2.45, 2.75) is 13.8 Å². The minimum absolute atomic E-state index is 0.103. The van der Waals surface area contributed by atoms with Gasteiger partial charge in [0.05, 0.1) is 23.2 Å². The van der Waals surface area contributed by atoms with Crippen molar-refractivity contribution < 1.29 is 0 Å². The molecule has 1 N–H and O–H groups in total. The van der Waals surface area contributed by atoms with Gasteiger partial charge in [0, 0.05) is 0 Å². The number of halogens is 1. The Labute approximate surface area is 147 Å². The summed E-state index contributed by atoms with van der Waals surface area (Å²) in [5.41, 5.74) is 2.00. The summed E-state index contributed by atoms with van der Waals surface area (Å²) in [6, 6.07) is 9.50. The molecule has 2 heterocycles. The molecule has 0 amide bonds. The summed E-state index contributed by atoms with van der Waals surface area (Å²) in [7, 11) is 0. The molecule has 0 saturated heterocycles. The van der Waals surface area contributed by atoms with E-state index in [0.717, 1.165) is 10.4 Å². The van der Waals surface area contributed by atoms with Gasteiger partial charge in [-0.15, -0.1) is 0 Å². The lowest BCUT2D eigenvalue weighted by Gasteiger charge is -2.02. The van der Waals surface area contributed by atoms with Gasteiger partial charge in [0.1, 0.15) is 10.8 Å². The maximum absolute atomic E-state index is 12.1. The van der Waals surface area contributed by atoms with Crippen LogP contribution in [0.3, 0.4) is 0 Å². The van der Waals surface area contributed by atoms with E-state index in [2.05, 4.69) is 20.4 Å². The zero-order valence-electron chi connectivity index (χ0n) is 12.9. The van der Waals surface area contributed by atoms with Gasteiger partial charge in [0.15, 0.2) is 0 Å². The normalized spacial score (nSPS) is 11.3. The molecule has 0 aliphatic heterocycles. The Morgan fingerprint density at radius 3 is 2.67 bits per heavy atom. The van der Waals surface area contributed by atoms with E-state index >= 15 is 0 Å². The molecule has 9 heteroatoms. The van der Waals surface area contributed by atoms with Crippen LogP contribution in [0.1, 0.15) is 17.0 Å². The van der Waals surface area contributed by atoms with E-state index in [9.17, 15) is 4.79 Å². The van der Waals surface area contributed by atoms with Crippen LogP contribution in [0.2, 0.25) is 5.15 Å². The number of para-hydroxylation sites is 1. The Kier molecular flexibility index (Phi) is 4.41. The predicted octanol–water partition coefficient (Wildman–Crippen LogP) is 2.64. The molecule has 0 atom stereocenters. The first-order chi connectivity index (χ1) is 11.5.